The minimum atomic E-state index is -0.338. The van der Waals surface area contributed by atoms with Crippen molar-refractivity contribution in [3.63, 3.8) is 0 Å². The number of benzene rings is 1. The van der Waals surface area contributed by atoms with Crippen molar-refractivity contribution in [1.82, 2.24) is 19.1 Å². The SMILES string of the molecule is Cn1c(=O)[nH]c(=S)c2c1[nH]c(=O)n2CCCc1ccccc1. The highest BCUT2D eigenvalue weighted by Gasteiger charge is 2.11. The van der Waals surface area contributed by atoms with Crippen molar-refractivity contribution in [3.8, 4) is 0 Å². The Balaban J connectivity index is 1.93. The van der Waals surface area contributed by atoms with Gasteiger partial charge >= 0.3 is 11.4 Å². The highest BCUT2D eigenvalue weighted by atomic mass is 32.1. The number of hydrogen-bond acceptors (Lipinski definition) is 3. The van der Waals surface area contributed by atoms with Gasteiger partial charge in [0, 0.05) is 13.6 Å². The molecule has 0 amide bonds. The summed E-state index contributed by atoms with van der Waals surface area (Å²) >= 11 is 5.20. The zero-order valence-electron chi connectivity index (χ0n) is 12.1. The lowest BCUT2D eigenvalue weighted by atomic mass is 10.1. The third kappa shape index (κ3) is 2.55. The first-order valence-corrected chi connectivity index (χ1v) is 7.44. The smallest absolute Gasteiger partial charge is 0.296 e. The first-order valence-electron chi connectivity index (χ1n) is 7.03. The molecule has 2 aromatic heterocycles. The van der Waals surface area contributed by atoms with Crippen molar-refractivity contribution in [2.45, 2.75) is 19.4 Å². The average Bonchev–Trinajstić information content (AvgIpc) is 2.84. The summed E-state index contributed by atoms with van der Waals surface area (Å²) in [4.78, 5) is 29.1. The van der Waals surface area contributed by atoms with E-state index in [-0.39, 0.29) is 16.0 Å². The zero-order chi connectivity index (χ0) is 15.7. The maximum absolute atomic E-state index is 12.1. The van der Waals surface area contributed by atoms with E-state index >= 15 is 0 Å². The highest BCUT2D eigenvalue weighted by molar-refractivity contribution is 7.71. The molecule has 0 aliphatic heterocycles. The van der Waals surface area contributed by atoms with E-state index < -0.39 is 0 Å². The van der Waals surface area contributed by atoms with E-state index in [0.717, 1.165) is 12.8 Å². The summed E-state index contributed by atoms with van der Waals surface area (Å²) in [5, 5.41) is 0. The molecule has 0 spiro atoms. The number of imidazole rings is 1. The fraction of sp³-hybridized carbons (Fsp3) is 0.267. The van der Waals surface area contributed by atoms with Gasteiger partial charge in [0.1, 0.15) is 15.8 Å². The van der Waals surface area contributed by atoms with Crippen molar-refractivity contribution >= 4 is 23.4 Å². The third-order valence-corrected chi connectivity index (χ3v) is 4.03. The van der Waals surface area contributed by atoms with Crippen LogP contribution >= 0.6 is 12.2 Å². The molecule has 0 saturated carbocycles. The Labute approximate surface area is 131 Å². The van der Waals surface area contributed by atoms with Gasteiger partial charge in [-0.2, -0.15) is 0 Å². The summed E-state index contributed by atoms with van der Waals surface area (Å²) in [6.07, 6.45) is 1.69. The molecule has 0 saturated heterocycles. The number of aromatic amines is 2. The molecule has 0 aliphatic carbocycles. The molecule has 0 bridgehead atoms. The van der Waals surface area contributed by atoms with E-state index in [2.05, 4.69) is 22.1 Å². The Kier molecular flexibility index (Phi) is 3.81. The molecule has 0 unspecified atom stereocenters. The summed E-state index contributed by atoms with van der Waals surface area (Å²) in [5.41, 5.74) is 1.68. The fourth-order valence-electron chi connectivity index (χ4n) is 2.57. The van der Waals surface area contributed by atoms with Crippen molar-refractivity contribution in [2.24, 2.45) is 7.05 Å². The van der Waals surface area contributed by atoms with Crippen molar-refractivity contribution in [3.05, 3.63) is 61.5 Å². The molecule has 0 radical (unpaired) electrons. The van der Waals surface area contributed by atoms with Crippen LogP contribution in [0.15, 0.2) is 39.9 Å². The van der Waals surface area contributed by atoms with Crippen LogP contribution in [0.5, 0.6) is 0 Å². The molecule has 6 nitrogen and oxygen atoms in total. The second kappa shape index (κ2) is 5.76. The number of aromatic nitrogens is 4. The molecule has 0 aliphatic rings. The van der Waals surface area contributed by atoms with E-state index in [1.807, 2.05) is 18.2 Å². The van der Waals surface area contributed by atoms with Crippen LogP contribution in [-0.2, 0) is 20.0 Å². The van der Waals surface area contributed by atoms with Crippen LogP contribution in [0, 0.1) is 4.64 Å². The predicted octanol–water partition coefficient (Wildman–Crippen LogP) is 1.72. The molecular formula is C15H16N4O2S. The first kappa shape index (κ1) is 14.5. The van der Waals surface area contributed by atoms with Crippen molar-refractivity contribution in [2.75, 3.05) is 0 Å². The minimum absolute atomic E-state index is 0.247. The van der Waals surface area contributed by atoms with E-state index in [4.69, 9.17) is 12.2 Å². The second-order valence-electron chi connectivity index (χ2n) is 5.19. The summed E-state index contributed by atoms with van der Waals surface area (Å²) in [6.45, 7) is 0.545. The van der Waals surface area contributed by atoms with E-state index in [1.165, 1.54) is 10.1 Å². The number of H-pyrrole nitrogens is 2. The van der Waals surface area contributed by atoms with Crippen LogP contribution in [0.1, 0.15) is 12.0 Å². The van der Waals surface area contributed by atoms with Gasteiger partial charge in [-0.3, -0.25) is 19.1 Å². The zero-order valence-corrected chi connectivity index (χ0v) is 12.9. The lowest BCUT2D eigenvalue weighted by Crippen LogP contribution is -2.20. The average molecular weight is 316 g/mol. The summed E-state index contributed by atoms with van der Waals surface area (Å²) in [5.74, 6) is 0. The predicted molar refractivity (Wildman–Crippen MR) is 87.7 cm³/mol. The van der Waals surface area contributed by atoms with Crippen LogP contribution in [0.4, 0.5) is 0 Å². The quantitative estimate of drug-likeness (QED) is 0.720. The molecule has 0 atom stereocenters. The van der Waals surface area contributed by atoms with Crippen LogP contribution < -0.4 is 11.4 Å². The molecule has 22 heavy (non-hydrogen) atoms. The van der Waals surface area contributed by atoms with Crippen LogP contribution in [-0.4, -0.2) is 19.1 Å². The lowest BCUT2D eigenvalue weighted by Gasteiger charge is -2.05. The normalized spacial score (nSPS) is 11.1. The third-order valence-electron chi connectivity index (χ3n) is 3.73. The van der Waals surface area contributed by atoms with E-state index in [9.17, 15) is 9.59 Å². The molecule has 1 aromatic carbocycles. The van der Waals surface area contributed by atoms with E-state index in [1.54, 1.807) is 11.6 Å². The summed E-state index contributed by atoms with van der Waals surface area (Å²) in [7, 11) is 1.60. The molecule has 2 N–H and O–H groups in total. The Morgan fingerprint density at radius 2 is 1.82 bits per heavy atom. The molecular weight excluding hydrogens is 300 g/mol. The number of aryl methyl sites for hydroxylation is 3. The molecule has 7 heteroatoms. The van der Waals surface area contributed by atoms with Crippen LogP contribution in [0.3, 0.4) is 0 Å². The van der Waals surface area contributed by atoms with Crippen molar-refractivity contribution in [1.29, 1.82) is 0 Å². The van der Waals surface area contributed by atoms with Gasteiger partial charge < -0.3 is 0 Å². The topological polar surface area (TPSA) is 75.6 Å². The minimum Gasteiger partial charge on any atom is -0.296 e. The summed E-state index contributed by atoms with van der Waals surface area (Å²) < 4.78 is 3.24. The maximum Gasteiger partial charge on any atom is 0.327 e. The van der Waals surface area contributed by atoms with Gasteiger partial charge in [-0.25, -0.2) is 9.59 Å². The Bertz CT molecular complexity index is 979. The van der Waals surface area contributed by atoms with Gasteiger partial charge in [-0.05, 0) is 18.4 Å². The number of fused-ring (bicyclic) bond motifs is 1. The Hall–Kier alpha value is -2.41. The summed E-state index contributed by atoms with van der Waals surface area (Å²) in [6, 6.07) is 10.1. The van der Waals surface area contributed by atoms with Gasteiger partial charge in [0.15, 0.2) is 0 Å². The number of hydrogen-bond donors (Lipinski definition) is 2. The number of rotatable bonds is 4. The van der Waals surface area contributed by atoms with Gasteiger partial charge in [0.05, 0.1) is 0 Å². The first-order chi connectivity index (χ1) is 10.6. The Morgan fingerprint density at radius 3 is 2.55 bits per heavy atom. The fourth-order valence-corrected chi connectivity index (χ4v) is 2.87. The van der Waals surface area contributed by atoms with E-state index in [0.29, 0.717) is 17.7 Å². The van der Waals surface area contributed by atoms with Gasteiger partial charge in [0.25, 0.3) is 0 Å². The van der Waals surface area contributed by atoms with Crippen molar-refractivity contribution < 1.29 is 0 Å². The highest BCUT2D eigenvalue weighted by Crippen LogP contribution is 2.10. The largest absolute Gasteiger partial charge is 0.327 e. The monoisotopic (exact) mass is 316 g/mol. The molecule has 114 valence electrons. The maximum atomic E-state index is 12.1. The van der Waals surface area contributed by atoms with Gasteiger partial charge in [0.2, 0.25) is 0 Å². The van der Waals surface area contributed by atoms with Crippen LogP contribution in [0.25, 0.3) is 11.2 Å². The lowest BCUT2D eigenvalue weighted by molar-refractivity contribution is 0.638. The van der Waals surface area contributed by atoms with Gasteiger partial charge in [-0.15, -0.1) is 0 Å². The molecule has 3 rings (SSSR count). The second-order valence-corrected chi connectivity index (χ2v) is 5.59. The molecule has 0 fully saturated rings. The standard InChI is InChI=1S/C15H16N4O2S/c1-18-12-11(13(22)17-14(18)20)19(15(21)16-12)9-5-8-10-6-3-2-4-7-10/h2-4,6-7H,5,8-9H2,1H3,(H,16,21)(H,17,20,22). The van der Waals surface area contributed by atoms with Crippen LogP contribution in [0.2, 0.25) is 0 Å². The number of nitrogens with zero attached hydrogens (tertiary/aromatic N) is 2. The van der Waals surface area contributed by atoms with Gasteiger partial charge in [-0.1, -0.05) is 42.5 Å². The molecule has 3 aromatic rings. The number of nitrogens with one attached hydrogen (secondary N) is 2. The molecule has 2 heterocycles. The Morgan fingerprint density at radius 1 is 1.09 bits per heavy atom.